The highest BCUT2D eigenvalue weighted by atomic mass is 16.5. The summed E-state index contributed by atoms with van der Waals surface area (Å²) >= 11 is 0. The number of nitrogens with two attached hydrogens (primary N) is 1. The summed E-state index contributed by atoms with van der Waals surface area (Å²) in [5.74, 6) is -0.582. The van der Waals surface area contributed by atoms with Gasteiger partial charge in [-0.05, 0) is 33.6 Å². The number of amides is 2. The minimum Gasteiger partial charge on any atom is -0.370 e. The Kier molecular flexibility index (Phi) is 3.91. The van der Waals surface area contributed by atoms with E-state index < -0.39 is 11.4 Å². The van der Waals surface area contributed by atoms with Crippen molar-refractivity contribution in [3.63, 3.8) is 0 Å². The molecule has 0 spiro atoms. The number of carbonyl (C=O) groups excluding carboxylic acids is 2. The molecular formula is C11H20N2O3. The van der Waals surface area contributed by atoms with Crippen LogP contribution >= 0.6 is 0 Å². The molecule has 1 fully saturated rings. The van der Waals surface area contributed by atoms with E-state index in [9.17, 15) is 9.59 Å². The fourth-order valence-corrected chi connectivity index (χ4v) is 1.89. The number of primary amides is 1. The van der Waals surface area contributed by atoms with Gasteiger partial charge >= 0.3 is 0 Å². The molecule has 0 bridgehead atoms. The average Bonchev–Trinajstić information content (AvgIpc) is 2.47. The first-order valence-electron chi connectivity index (χ1n) is 5.56. The predicted molar refractivity (Wildman–Crippen MR) is 59.6 cm³/mol. The third kappa shape index (κ3) is 3.81. The van der Waals surface area contributed by atoms with Gasteiger partial charge in [-0.25, -0.2) is 0 Å². The summed E-state index contributed by atoms with van der Waals surface area (Å²) in [5, 5.41) is 2.79. The third-order valence-electron chi connectivity index (χ3n) is 2.60. The average molecular weight is 228 g/mol. The van der Waals surface area contributed by atoms with Gasteiger partial charge in [-0.1, -0.05) is 0 Å². The molecule has 0 saturated carbocycles. The van der Waals surface area contributed by atoms with E-state index in [1.54, 1.807) is 13.8 Å². The maximum Gasteiger partial charge on any atom is 0.249 e. The Labute approximate surface area is 95.7 Å². The van der Waals surface area contributed by atoms with Crippen molar-refractivity contribution in [1.82, 2.24) is 5.32 Å². The Hall–Kier alpha value is -1.10. The van der Waals surface area contributed by atoms with E-state index in [0.29, 0.717) is 0 Å². The Morgan fingerprint density at radius 2 is 2.06 bits per heavy atom. The second-order valence-corrected chi connectivity index (χ2v) is 5.03. The molecule has 1 aliphatic heterocycles. The van der Waals surface area contributed by atoms with E-state index in [4.69, 9.17) is 10.5 Å². The van der Waals surface area contributed by atoms with Crippen molar-refractivity contribution in [3.05, 3.63) is 0 Å². The second-order valence-electron chi connectivity index (χ2n) is 5.03. The summed E-state index contributed by atoms with van der Waals surface area (Å²) in [6.07, 6.45) is 1.51. The van der Waals surface area contributed by atoms with E-state index in [2.05, 4.69) is 5.32 Å². The number of hydrogen-bond donors (Lipinski definition) is 2. The molecule has 92 valence electrons. The topological polar surface area (TPSA) is 81.4 Å². The molecule has 0 aromatic heterocycles. The van der Waals surface area contributed by atoms with Gasteiger partial charge in [0.05, 0.1) is 6.10 Å². The number of ether oxygens (including phenoxy) is 1. The maximum absolute atomic E-state index is 11.8. The molecule has 1 saturated heterocycles. The summed E-state index contributed by atoms with van der Waals surface area (Å²) in [6, 6.07) is 0. The van der Waals surface area contributed by atoms with Gasteiger partial charge < -0.3 is 15.8 Å². The molecule has 1 rings (SSSR count). The Morgan fingerprint density at radius 3 is 2.50 bits per heavy atom. The largest absolute Gasteiger partial charge is 0.370 e. The molecule has 2 atom stereocenters. The number of hydrogen-bond acceptors (Lipinski definition) is 3. The fourth-order valence-electron chi connectivity index (χ4n) is 1.89. The van der Waals surface area contributed by atoms with Crippen LogP contribution in [0, 0.1) is 0 Å². The van der Waals surface area contributed by atoms with Crippen molar-refractivity contribution in [2.75, 3.05) is 0 Å². The molecule has 2 unspecified atom stereocenters. The van der Waals surface area contributed by atoms with Gasteiger partial charge in [0.25, 0.3) is 0 Å². The number of carbonyl (C=O) groups is 2. The summed E-state index contributed by atoms with van der Waals surface area (Å²) in [4.78, 5) is 22.6. The van der Waals surface area contributed by atoms with Crippen LogP contribution < -0.4 is 11.1 Å². The highest BCUT2D eigenvalue weighted by Crippen LogP contribution is 2.20. The highest BCUT2D eigenvalue weighted by molar-refractivity contribution is 5.83. The van der Waals surface area contributed by atoms with Crippen molar-refractivity contribution in [2.24, 2.45) is 5.73 Å². The van der Waals surface area contributed by atoms with Gasteiger partial charge in [-0.15, -0.1) is 0 Å². The molecular weight excluding hydrogens is 208 g/mol. The third-order valence-corrected chi connectivity index (χ3v) is 2.60. The van der Waals surface area contributed by atoms with Gasteiger partial charge in [0, 0.05) is 12.0 Å². The molecule has 5 heteroatoms. The summed E-state index contributed by atoms with van der Waals surface area (Å²) < 4.78 is 5.45. The van der Waals surface area contributed by atoms with Crippen LogP contribution in [0.4, 0.5) is 0 Å². The van der Waals surface area contributed by atoms with E-state index in [-0.39, 0.29) is 24.5 Å². The molecule has 0 aromatic rings. The van der Waals surface area contributed by atoms with Gasteiger partial charge in [-0.2, -0.15) is 0 Å². The normalized spacial score (nSPS) is 25.4. The monoisotopic (exact) mass is 228 g/mol. The molecule has 1 aliphatic rings. The van der Waals surface area contributed by atoms with Crippen molar-refractivity contribution in [2.45, 2.75) is 57.8 Å². The quantitative estimate of drug-likeness (QED) is 0.727. The lowest BCUT2D eigenvalue weighted by Gasteiger charge is -2.26. The first-order chi connectivity index (χ1) is 7.30. The highest BCUT2D eigenvalue weighted by Gasteiger charge is 2.32. The van der Waals surface area contributed by atoms with Gasteiger partial charge in [0.1, 0.15) is 6.10 Å². The lowest BCUT2D eigenvalue weighted by molar-refractivity contribution is -0.133. The van der Waals surface area contributed by atoms with Crippen LogP contribution in [0.1, 0.15) is 40.0 Å². The predicted octanol–water partition coefficient (Wildman–Crippen LogP) is 0.324. The first-order valence-corrected chi connectivity index (χ1v) is 5.56. The van der Waals surface area contributed by atoms with Gasteiger partial charge in [0.15, 0.2) is 0 Å². The van der Waals surface area contributed by atoms with Crippen molar-refractivity contribution in [1.29, 1.82) is 0 Å². The zero-order chi connectivity index (χ0) is 12.3. The van der Waals surface area contributed by atoms with Crippen LogP contribution in [0.25, 0.3) is 0 Å². The second kappa shape index (κ2) is 4.82. The Morgan fingerprint density at radius 1 is 1.44 bits per heavy atom. The molecule has 2 amide bonds. The lowest BCUT2D eigenvalue weighted by atomic mass is 9.99. The van der Waals surface area contributed by atoms with E-state index in [1.165, 1.54) is 0 Å². The first kappa shape index (κ1) is 13.0. The molecule has 3 N–H and O–H groups in total. The van der Waals surface area contributed by atoms with Crippen molar-refractivity contribution >= 4 is 11.8 Å². The fraction of sp³-hybridized carbons (Fsp3) is 0.818. The minimum absolute atomic E-state index is 0.126. The van der Waals surface area contributed by atoms with E-state index >= 15 is 0 Å². The zero-order valence-corrected chi connectivity index (χ0v) is 10.1. The van der Waals surface area contributed by atoms with Crippen LogP contribution in [0.15, 0.2) is 0 Å². The summed E-state index contributed by atoms with van der Waals surface area (Å²) in [7, 11) is 0. The molecule has 0 aliphatic carbocycles. The van der Waals surface area contributed by atoms with Crippen molar-refractivity contribution < 1.29 is 14.3 Å². The molecule has 0 aromatic carbocycles. The summed E-state index contributed by atoms with van der Waals surface area (Å²) in [5.41, 5.74) is 4.50. The molecule has 16 heavy (non-hydrogen) atoms. The van der Waals surface area contributed by atoms with Gasteiger partial charge in [-0.3, -0.25) is 9.59 Å². The van der Waals surface area contributed by atoms with Crippen LogP contribution in [-0.4, -0.2) is 29.6 Å². The molecule has 0 radical (unpaired) electrons. The summed E-state index contributed by atoms with van der Waals surface area (Å²) in [6.45, 7) is 5.49. The SMILES string of the molecule is CC1CCC(C(=O)NC(C)(C)CC(N)=O)O1. The number of nitrogens with one attached hydrogen (secondary N) is 1. The maximum atomic E-state index is 11.8. The van der Waals surface area contributed by atoms with Crippen LogP contribution in [-0.2, 0) is 14.3 Å². The van der Waals surface area contributed by atoms with Crippen LogP contribution in [0.5, 0.6) is 0 Å². The van der Waals surface area contributed by atoms with Crippen LogP contribution in [0.3, 0.4) is 0 Å². The zero-order valence-electron chi connectivity index (χ0n) is 10.1. The molecule has 5 nitrogen and oxygen atoms in total. The van der Waals surface area contributed by atoms with Crippen molar-refractivity contribution in [3.8, 4) is 0 Å². The lowest BCUT2D eigenvalue weighted by Crippen LogP contribution is -2.49. The van der Waals surface area contributed by atoms with E-state index in [0.717, 1.165) is 12.8 Å². The Balaban J connectivity index is 2.47. The van der Waals surface area contributed by atoms with Gasteiger partial charge in [0.2, 0.25) is 11.8 Å². The van der Waals surface area contributed by atoms with Crippen LogP contribution in [0.2, 0.25) is 0 Å². The minimum atomic E-state index is -0.613. The number of rotatable bonds is 4. The smallest absolute Gasteiger partial charge is 0.249 e. The van der Waals surface area contributed by atoms with E-state index in [1.807, 2.05) is 6.92 Å². The standard InChI is InChI=1S/C11H20N2O3/c1-7-4-5-8(16-7)10(15)13-11(2,3)6-9(12)14/h7-8H,4-6H2,1-3H3,(H2,12,14)(H,13,15). The molecule has 1 heterocycles. The Bertz CT molecular complexity index is 289.